The number of aromatic nitrogens is 10. The van der Waals surface area contributed by atoms with Crippen LogP contribution in [0.25, 0.3) is 77.5 Å². The molecule has 8 aromatic heterocycles. The quantitative estimate of drug-likeness (QED) is 0.0652. The maximum absolute atomic E-state index is 14.5. The van der Waals surface area contributed by atoms with Crippen LogP contribution in [0.1, 0.15) is 184 Å². The van der Waals surface area contributed by atoms with E-state index in [1.807, 2.05) is 111 Å². The summed E-state index contributed by atoms with van der Waals surface area (Å²) < 4.78 is 135. The minimum Gasteiger partial charge on any atom is -0.441 e. The summed E-state index contributed by atoms with van der Waals surface area (Å²) in [7, 11) is 1.26. The lowest BCUT2D eigenvalue weighted by Gasteiger charge is -2.32. The molecule has 6 aliphatic heterocycles. The Labute approximate surface area is 731 Å². The molecule has 0 unspecified atom stereocenters. The van der Waals surface area contributed by atoms with E-state index in [1.54, 1.807) is 90.7 Å². The third kappa shape index (κ3) is 20.4. The average molecular weight is 1800 g/mol. The van der Waals surface area contributed by atoms with Crippen LogP contribution in [0.3, 0.4) is 0 Å². The Morgan fingerprint density at radius 2 is 0.758 bits per heavy atom. The molecular formula is C86H106B4BrClF4N12O16. The van der Waals surface area contributed by atoms with E-state index in [0.29, 0.717) is 105 Å². The van der Waals surface area contributed by atoms with E-state index in [-0.39, 0.29) is 73.2 Å². The second-order valence-corrected chi connectivity index (χ2v) is 37.1. The lowest BCUT2D eigenvalue weighted by atomic mass is 9.49. The summed E-state index contributed by atoms with van der Waals surface area (Å²) in [6.07, 6.45) is 6.96. The van der Waals surface area contributed by atoms with Crippen molar-refractivity contribution in [1.82, 2.24) is 59.6 Å². The zero-order chi connectivity index (χ0) is 89.9. The smallest absolute Gasteiger partial charge is 0.441 e. The van der Waals surface area contributed by atoms with E-state index >= 15 is 0 Å². The number of H-pyrrole nitrogens is 2. The van der Waals surface area contributed by atoms with Gasteiger partial charge >= 0.3 is 28.3 Å². The summed E-state index contributed by atoms with van der Waals surface area (Å²) in [5.41, 5.74) is 2.28. The minimum absolute atomic E-state index is 0.147. The van der Waals surface area contributed by atoms with Gasteiger partial charge in [0.2, 0.25) is 0 Å². The fraction of sp³-hybridized carbons (Fsp3) is 0.512. The molecule has 0 saturated carbocycles. The van der Waals surface area contributed by atoms with E-state index in [1.165, 1.54) is 24.3 Å². The molecule has 124 heavy (non-hydrogen) atoms. The lowest BCUT2D eigenvalue weighted by molar-refractivity contribution is 0.00578. The average Bonchev–Trinajstić information content (AvgIpc) is 1.59. The number of fused-ring (bicyclic) bond motifs is 6. The van der Waals surface area contributed by atoms with Crippen LogP contribution in [0.5, 0.6) is 0 Å². The summed E-state index contributed by atoms with van der Waals surface area (Å²) >= 11 is 8.99. The van der Waals surface area contributed by atoms with Crippen LogP contribution < -0.4 is 22.0 Å². The van der Waals surface area contributed by atoms with Crippen molar-refractivity contribution in [2.75, 3.05) is 66.7 Å². The molecule has 4 aromatic carbocycles. The number of nitrogens with one attached hydrogen (secondary N) is 2. The second kappa shape index (κ2) is 36.4. The van der Waals surface area contributed by atoms with Crippen LogP contribution >= 0.6 is 27.5 Å². The highest BCUT2D eigenvalue weighted by Gasteiger charge is 2.64. The standard InChI is InChI=1S/C23H24FN5O3.C15H19ClN4O2.2C14H17BFNO3.C12H24B2O4.C8H5BrFNO/c1-13-26-21-17(24)9-15(10-20(21)32-13)18-11-16-19(12-25-18)27-22(28-23(16)30)14-3-5-29(6-4-14)7-8-31-2;1-22-7-6-20-4-2-10(3-5-20)14-18-12-9-17-13(16)8-11(12)15(21)19-14;2*1-8-17-12-10(16)6-9(7-11(12)18-8)15-19-13(2,3)14(4,5)20-15;1-9(2)10(3,4)16-13(15-9)14-17-11(5,6)12(7,8)18-14;1-4-11-8-6(10)2-5(9)3-7(8)12-4/h9-12,14H,3-8H2,1-2H3,(H,27,28,30);8-10H,2-7H2,1H3,(H,18,19,21);2*6-7H,1-5H3;1-8H3;2-3H,1H3. The van der Waals surface area contributed by atoms with Crippen LogP contribution in [0.2, 0.25) is 5.15 Å². The number of hydrogen-bond acceptors (Lipinski definition) is 26. The van der Waals surface area contributed by atoms with Gasteiger partial charge in [0.15, 0.2) is 69.2 Å². The zero-order valence-electron chi connectivity index (χ0n) is 74.1. The van der Waals surface area contributed by atoms with Gasteiger partial charge in [0.1, 0.15) is 38.9 Å². The normalized spacial score (nSPS) is 19.5. The van der Waals surface area contributed by atoms with Crippen molar-refractivity contribution < 1.29 is 81.9 Å². The van der Waals surface area contributed by atoms with Crippen LogP contribution in [0.4, 0.5) is 17.6 Å². The number of rotatable bonds is 12. The molecule has 6 aliphatic rings. The molecule has 38 heteroatoms. The third-order valence-electron chi connectivity index (χ3n) is 24.7. The zero-order valence-corrected chi connectivity index (χ0v) is 76.5. The number of ether oxygens (including phenoxy) is 2. The molecule has 18 rings (SSSR count). The molecule has 660 valence electrons. The molecule has 0 atom stereocenters. The Bertz CT molecular complexity index is 5800. The monoisotopic (exact) mass is 1800 g/mol. The predicted molar refractivity (Wildman–Crippen MR) is 471 cm³/mol. The Morgan fingerprint density at radius 1 is 0.435 bits per heavy atom. The fourth-order valence-corrected chi connectivity index (χ4v) is 15.3. The number of nitrogens with zero attached hydrogens (tertiary/aromatic N) is 10. The van der Waals surface area contributed by atoms with Gasteiger partial charge in [-0.15, -0.1) is 0 Å². The van der Waals surface area contributed by atoms with E-state index in [2.05, 4.69) is 75.6 Å². The van der Waals surface area contributed by atoms with Crippen molar-refractivity contribution in [3.8, 4) is 11.3 Å². The predicted octanol–water partition coefficient (Wildman–Crippen LogP) is 15.6. The molecule has 0 aliphatic carbocycles. The molecule has 12 aromatic rings. The molecule has 2 N–H and O–H groups in total. The lowest BCUT2D eigenvalue weighted by Crippen LogP contribution is -2.41. The molecule has 0 amide bonds. The summed E-state index contributed by atoms with van der Waals surface area (Å²) in [5, 5.41) is 1.21. The Morgan fingerprint density at radius 3 is 1.13 bits per heavy atom. The summed E-state index contributed by atoms with van der Waals surface area (Å²) in [5.74, 6) is 1.97. The van der Waals surface area contributed by atoms with Gasteiger partial charge in [0.05, 0.1) is 97.9 Å². The molecular weight excluding hydrogens is 1690 g/mol. The largest absolute Gasteiger partial charge is 0.495 e. The topological polar surface area (TPSA) is 320 Å². The maximum atomic E-state index is 14.5. The molecule has 0 bridgehead atoms. The highest BCUT2D eigenvalue weighted by atomic mass is 79.9. The highest BCUT2D eigenvalue weighted by molar-refractivity contribution is 9.10. The van der Waals surface area contributed by atoms with E-state index in [0.717, 1.165) is 84.0 Å². The summed E-state index contributed by atoms with van der Waals surface area (Å²) in [6, 6.07) is 15.5. The molecule has 0 spiro atoms. The van der Waals surface area contributed by atoms with E-state index in [9.17, 15) is 27.2 Å². The number of halogens is 6. The molecule has 6 saturated heterocycles. The number of likely N-dealkylation sites (tertiary alicyclic amines) is 2. The molecule has 0 radical (unpaired) electrons. The van der Waals surface area contributed by atoms with E-state index < -0.39 is 68.1 Å². The molecule has 28 nitrogen and oxygen atoms in total. The number of hydrogen-bond donors (Lipinski definition) is 2. The van der Waals surface area contributed by atoms with Crippen molar-refractivity contribution in [2.45, 2.75) is 221 Å². The molecule has 6 fully saturated rings. The number of methoxy groups -OCH3 is 2. The number of aromatic amines is 2. The van der Waals surface area contributed by atoms with Gasteiger partial charge in [-0.25, -0.2) is 52.4 Å². The van der Waals surface area contributed by atoms with Crippen molar-refractivity contribution in [1.29, 1.82) is 0 Å². The number of benzene rings is 4. The first-order valence-corrected chi connectivity index (χ1v) is 42.5. The first-order valence-electron chi connectivity index (χ1n) is 41.4. The van der Waals surface area contributed by atoms with Gasteiger partial charge in [-0.05, 0) is 234 Å². The fourth-order valence-electron chi connectivity index (χ4n) is 14.7. The van der Waals surface area contributed by atoms with Gasteiger partial charge in [0, 0.05) is 76.9 Å². The van der Waals surface area contributed by atoms with Gasteiger partial charge in [-0.2, -0.15) is 0 Å². The number of oxazole rings is 4. The molecule has 14 heterocycles. The SMILES string of the molecule is CC1(C)OB(B2OC(C)(C)C(C)(C)O2)OC1(C)C.COCCN1CCC(c2nc3cnc(-c4cc(F)c5nc(C)oc5c4)cc3c(=O)[nH]2)CC1.COCCN1CCC(c2nc3cnc(Cl)cc3c(=O)[nH]2)CC1.Cc1nc2c(F)cc(B3OC(C)(C)C(C)(C)O3)cc2o1.Cc1nc2c(F)cc(B3OC(C)(C)C(C)(C)O3)cc2o1.Cc1nc2c(F)cc(Br)cc2o1. The second-order valence-electron chi connectivity index (χ2n) is 35.8. The number of piperidine rings is 2. The van der Waals surface area contributed by atoms with Crippen LogP contribution in [-0.2, 0) is 46.7 Å². The Hall–Kier alpha value is -8.39. The van der Waals surface area contributed by atoms with Gasteiger partial charge in [0.25, 0.3) is 11.1 Å². The van der Waals surface area contributed by atoms with Crippen LogP contribution in [0.15, 0.2) is 105 Å². The van der Waals surface area contributed by atoms with Crippen molar-refractivity contribution >= 4 is 133 Å². The first kappa shape index (κ1) is 93.3. The van der Waals surface area contributed by atoms with E-state index in [4.69, 9.17) is 76.0 Å². The van der Waals surface area contributed by atoms with Crippen molar-refractivity contribution in [2.24, 2.45) is 0 Å². The number of pyridine rings is 2. The Balaban J connectivity index is 0.000000131. The van der Waals surface area contributed by atoms with Gasteiger partial charge in [-0.1, -0.05) is 27.5 Å². The minimum atomic E-state index is -0.607. The van der Waals surface area contributed by atoms with Crippen molar-refractivity contribution in [3.63, 3.8) is 0 Å². The third-order valence-corrected chi connectivity index (χ3v) is 25.4. The maximum Gasteiger partial charge on any atom is 0.495 e. The first-order chi connectivity index (χ1) is 58.1. The van der Waals surface area contributed by atoms with Gasteiger partial charge in [-0.3, -0.25) is 14.6 Å². The van der Waals surface area contributed by atoms with Crippen LogP contribution in [-0.4, -0.2) is 199 Å². The van der Waals surface area contributed by atoms with Crippen molar-refractivity contribution in [3.05, 3.63) is 162 Å². The van der Waals surface area contributed by atoms with Gasteiger partial charge < -0.3 is 84.1 Å². The van der Waals surface area contributed by atoms with Crippen LogP contribution in [0, 0.1) is 51.0 Å². The number of aryl methyl sites for hydroxylation is 4. The summed E-state index contributed by atoms with van der Waals surface area (Å²) in [4.78, 5) is 69.3. The Kier molecular flexibility index (Phi) is 27.4. The summed E-state index contributed by atoms with van der Waals surface area (Å²) in [6.45, 7) is 45.8. The highest BCUT2D eigenvalue weighted by Crippen LogP contribution is 2.44.